The first kappa shape index (κ1) is 22.2. The van der Waals surface area contributed by atoms with Gasteiger partial charge >= 0.3 is 5.97 Å². The molecule has 0 aliphatic carbocycles. The van der Waals surface area contributed by atoms with E-state index in [-0.39, 0.29) is 5.97 Å². The first-order chi connectivity index (χ1) is 14.7. The fourth-order valence-electron chi connectivity index (χ4n) is 3.62. The number of ether oxygens (including phenoxy) is 3. The molecule has 4 heteroatoms. The van der Waals surface area contributed by atoms with Crippen LogP contribution >= 0.6 is 0 Å². The number of hydrogen-bond acceptors (Lipinski definition) is 4. The van der Waals surface area contributed by atoms with E-state index in [9.17, 15) is 4.79 Å². The Kier molecular flexibility index (Phi) is 8.61. The summed E-state index contributed by atoms with van der Waals surface area (Å²) < 4.78 is 17.3. The minimum Gasteiger partial charge on any atom is -0.494 e. The van der Waals surface area contributed by atoms with E-state index in [0.717, 1.165) is 42.7 Å². The molecule has 2 aromatic rings. The molecule has 0 spiro atoms. The van der Waals surface area contributed by atoms with E-state index >= 15 is 0 Å². The third-order valence-electron chi connectivity index (χ3n) is 5.46. The van der Waals surface area contributed by atoms with Crippen LogP contribution in [0.25, 0.3) is 11.1 Å². The lowest BCUT2D eigenvalue weighted by atomic mass is 10.0. The lowest BCUT2D eigenvalue weighted by molar-refractivity contribution is -0.145. The fraction of sp³-hybridized carbons (Fsp3) is 0.500. The average Bonchev–Trinajstić information content (AvgIpc) is 2.77. The number of fused-ring (bicyclic) bond motifs is 1. The second-order valence-electron chi connectivity index (χ2n) is 7.97. The van der Waals surface area contributed by atoms with Gasteiger partial charge in [0.15, 0.2) is 17.6 Å². The second-order valence-corrected chi connectivity index (χ2v) is 7.97. The Morgan fingerprint density at radius 2 is 1.50 bits per heavy atom. The third-order valence-corrected chi connectivity index (χ3v) is 5.46. The Bertz CT molecular complexity index is 797. The predicted octanol–water partition coefficient (Wildman–Crippen LogP) is 6.95. The zero-order valence-corrected chi connectivity index (χ0v) is 18.3. The number of benzene rings is 2. The smallest absolute Gasteiger partial charge is 0.352 e. The number of hydrogen-bond donors (Lipinski definition) is 0. The standard InChI is InChI=1S/C26H34O4/c1-3-5-7-8-9-10-18-28-22-15-12-20(13-16-22)21-14-17-23-25(19-21)29-24(11-6-4-2)26(27)30-23/h12-17,19,24H,3-11,18H2,1-2H3/t24-/m1/s1. The summed E-state index contributed by atoms with van der Waals surface area (Å²) in [5, 5.41) is 0. The molecular formula is C26H34O4. The molecular weight excluding hydrogens is 376 g/mol. The highest BCUT2D eigenvalue weighted by molar-refractivity contribution is 5.81. The van der Waals surface area contributed by atoms with Crippen molar-refractivity contribution in [1.82, 2.24) is 0 Å². The first-order valence-corrected chi connectivity index (χ1v) is 11.5. The molecule has 3 rings (SSSR count). The number of carbonyl (C=O) groups excluding carboxylic acids is 1. The minimum absolute atomic E-state index is 0.296. The summed E-state index contributed by atoms with van der Waals surface area (Å²) in [5.41, 5.74) is 2.11. The SMILES string of the molecule is CCCCCCCCOc1ccc(-c2ccc3c(c2)O[C@H](CCCC)C(=O)O3)cc1. The van der Waals surface area contributed by atoms with Crippen LogP contribution in [0.1, 0.15) is 71.6 Å². The summed E-state index contributed by atoms with van der Waals surface area (Å²) in [7, 11) is 0. The Labute approximate surface area is 180 Å². The van der Waals surface area contributed by atoms with Gasteiger partial charge in [0.2, 0.25) is 0 Å². The van der Waals surface area contributed by atoms with Crippen LogP contribution < -0.4 is 14.2 Å². The molecule has 0 fully saturated rings. The van der Waals surface area contributed by atoms with Crippen LogP contribution in [0.2, 0.25) is 0 Å². The van der Waals surface area contributed by atoms with Crippen molar-refractivity contribution in [2.75, 3.05) is 6.61 Å². The van der Waals surface area contributed by atoms with Crippen molar-refractivity contribution in [2.45, 2.75) is 77.7 Å². The number of esters is 1. The van der Waals surface area contributed by atoms with Crippen molar-refractivity contribution in [3.8, 4) is 28.4 Å². The van der Waals surface area contributed by atoms with Gasteiger partial charge in [-0.15, -0.1) is 0 Å². The Morgan fingerprint density at radius 3 is 2.27 bits per heavy atom. The third kappa shape index (κ3) is 6.25. The van der Waals surface area contributed by atoms with E-state index in [1.54, 1.807) is 0 Å². The van der Waals surface area contributed by atoms with Crippen molar-refractivity contribution in [3.05, 3.63) is 42.5 Å². The Balaban J connectivity index is 1.55. The number of carbonyl (C=O) groups is 1. The topological polar surface area (TPSA) is 44.8 Å². The van der Waals surface area contributed by atoms with Gasteiger partial charge in [0.1, 0.15) is 5.75 Å². The Morgan fingerprint density at radius 1 is 0.800 bits per heavy atom. The highest BCUT2D eigenvalue weighted by atomic mass is 16.6. The van der Waals surface area contributed by atoms with Crippen LogP contribution in [-0.4, -0.2) is 18.7 Å². The normalized spacial score (nSPS) is 15.3. The van der Waals surface area contributed by atoms with Gasteiger partial charge in [-0.25, -0.2) is 4.79 Å². The molecule has 1 atom stereocenters. The van der Waals surface area contributed by atoms with Crippen LogP contribution in [0.5, 0.6) is 17.2 Å². The lowest BCUT2D eigenvalue weighted by Crippen LogP contribution is -2.35. The predicted molar refractivity (Wildman–Crippen MR) is 120 cm³/mol. The van der Waals surface area contributed by atoms with Crippen LogP contribution in [0.15, 0.2) is 42.5 Å². The summed E-state index contributed by atoms with van der Waals surface area (Å²) >= 11 is 0. The number of rotatable bonds is 12. The van der Waals surface area contributed by atoms with Gasteiger partial charge in [-0.3, -0.25) is 0 Å². The van der Waals surface area contributed by atoms with Crippen LogP contribution in [0.4, 0.5) is 0 Å². The molecule has 0 aromatic heterocycles. The van der Waals surface area contributed by atoms with Gasteiger partial charge in [0.05, 0.1) is 6.61 Å². The van der Waals surface area contributed by atoms with E-state index in [0.29, 0.717) is 17.9 Å². The molecule has 0 amide bonds. The summed E-state index contributed by atoms with van der Waals surface area (Å²) in [6.07, 6.45) is 9.71. The van der Waals surface area contributed by atoms with Gasteiger partial charge in [-0.2, -0.15) is 0 Å². The molecule has 0 N–H and O–H groups in total. The molecule has 162 valence electrons. The number of unbranched alkanes of at least 4 members (excludes halogenated alkanes) is 6. The zero-order valence-electron chi connectivity index (χ0n) is 18.3. The van der Waals surface area contributed by atoms with E-state index in [1.807, 2.05) is 30.3 Å². The molecule has 1 aliphatic rings. The van der Waals surface area contributed by atoms with Gasteiger partial charge in [0, 0.05) is 0 Å². The van der Waals surface area contributed by atoms with Crippen molar-refractivity contribution in [3.63, 3.8) is 0 Å². The maximum atomic E-state index is 12.1. The average molecular weight is 411 g/mol. The molecule has 1 heterocycles. The van der Waals surface area contributed by atoms with Crippen molar-refractivity contribution in [2.24, 2.45) is 0 Å². The van der Waals surface area contributed by atoms with Crippen LogP contribution in [0.3, 0.4) is 0 Å². The molecule has 0 unspecified atom stereocenters. The maximum absolute atomic E-state index is 12.1. The zero-order chi connectivity index (χ0) is 21.2. The van der Waals surface area contributed by atoms with E-state index in [1.165, 1.54) is 32.1 Å². The summed E-state index contributed by atoms with van der Waals surface area (Å²) in [6.45, 7) is 5.10. The second kappa shape index (κ2) is 11.6. The van der Waals surface area contributed by atoms with Gasteiger partial charge < -0.3 is 14.2 Å². The minimum atomic E-state index is -0.509. The maximum Gasteiger partial charge on any atom is 0.352 e. The molecule has 0 saturated carbocycles. The summed E-state index contributed by atoms with van der Waals surface area (Å²) in [5.74, 6) is 1.73. The summed E-state index contributed by atoms with van der Waals surface area (Å²) in [4.78, 5) is 12.1. The highest BCUT2D eigenvalue weighted by Crippen LogP contribution is 2.37. The van der Waals surface area contributed by atoms with Crippen molar-refractivity contribution < 1.29 is 19.0 Å². The van der Waals surface area contributed by atoms with E-state index < -0.39 is 6.10 Å². The lowest BCUT2D eigenvalue weighted by Gasteiger charge is -2.25. The molecule has 4 nitrogen and oxygen atoms in total. The van der Waals surface area contributed by atoms with Crippen molar-refractivity contribution >= 4 is 5.97 Å². The van der Waals surface area contributed by atoms with Crippen LogP contribution in [0, 0.1) is 0 Å². The van der Waals surface area contributed by atoms with Gasteiger partial charge in [-0.05, 0) is 54.7 Å². The van der Waals surface area contributed by atoms with Crippen LogP contribution in [-0.2, 0) is 4.79 Å². The fourth-order valence-corrected chi connectivity index (χ4v) is 3.62. The molecule has 30 heavy (non-hydrogen) atoms. The molecule has 0 radical (unpaired) electrons. The molecule has 0 saturated heterocycles. The first-order valence-electron chi connectivity index (χ1n) is 11.5. The quantitative estimate of drug-likeness (QED) is 0.216. The van der Waals surface area contributed by atoms with E-state index in [2.05, 4.69) is 26.0 Å². The Hall–Kier alpha value is -2.49. The summed E-state index contributed by atoms with van der Waals surface area (Å²) in [6, 6.07) is 13.8. The monoisotopic (exact) mass is 410 g/mol. The van der Waals surface area contributed by atoms with Gasteiger partial charge in [0.25, 0.3) is 0 Å². The molecule has 1 aliphatic heterocycles. The van der Waals surface area contributed by atoms with Crippen molar-refractivity contribution in [1.29, 1.82) is 0 Å². The largest absolute Gasteiger partial charge is 0.494 e. The van der Waals surface area contributed by atoms with Gasteiger partial charge in [-0.1, -0.05) is 70.6 Å². The van der Waals surface area contributed by atoms with E-state index in [4.69, 9.17) is 14.2 Å². The molecule has 0 bridgehead atoms. The molecule has 2 aromatic carbocycles. The highest BCUT2D eigenvalue weighted by Gasteiger charge is 2.29.